The van der Waals surface area contributed by atoms with Crippen molar-refractivity contribution in [3.05, 3.63) is 77.9 Å². The van der Waals surface area contributed by atoms with Crippen molar-refractivity contribution in [2.24, 2.45) is 0 Å². The van der Waals surface area contributed by atoms with Crippen molar-refractivity contribution in [2.75, 3.05) is 39.5 Å². The Labute approximate surface area is 208 Å². The molecule has 2 heterocycles. The molecule has 1 saturated heterocycles. The molecule has 1 aromatic heterocycles. The first-order valence-electron chi connectivity index (χ1n) is 12.5. The maximum absolute atomic E-state index is 11.2. The monoisotopic (exact) mass is 479 g/mol. The van der Waals surface area contributed by atoms with Gasteiger partial charge in [-0.2, -0.15) is 0 Å². The van der Waals surface area contributed by atoms with Crippen molar-refractivity contribution in [3.8, 4) is 11.5 Å². The van der Waals surface area contributed by atoms with Crippen LogP contribution >= 0.6 is 0 Å². The van der Waals surface area contributed by atoms with E-state index in [1.807, 2.05) is 55.7 Å². The van der Waals surface area contributed by atoms with Gasteiger partial charge in [0.15, 0.2) is 0 Å². The molecule has 0 aliphatic carbocycles. The largest absolute Gasteiger partial charge is 0.494 e. The molecule has 4 rings (SSSR count). The Morgan fingerprint density at radius 3 is 2.80 bits per heavy atom. The fraction of sp³-hybridized carbons (Fsp3) is 0.464. The number of rotatable bonds is 11. The Kier molecular flexibility index (Phi) is 8.79. The van der Waals surface area contributed by atoms with Gasteiger partial charge in [0.1, 0.15) is 29.5 Å². The molecular weight excluding hydrogens is 442 g/mol. The van der Waals surface area contributed by atoms with Gasteiger partial charge in [-0.3, -0.25) is 4.90 Å². The van der Waals surface area contributed by atoms with Gasteiger partial charge in [0, 0.05) is 45.0 Å². The molecule has 1 atom stereocenters. The molecule has 1 aliphatic rings. The van der Waals surface area contributed by atoms with E-state index < -0.39 is 5.60 Å². The second-order valence-corrected chi connectivity index (χ2v) is 9.33. The Balaban J connectivity index is 1.28. The third-order valence-electron chi connectivity index (χ3n) is 6.20. The van der Waals surface area contributed by atoms with Crippen LogP contribution < -0.4 is 9.47 Å². The number of aliphatic hydroxyl groups is 1. The summed E-state index contributed by atoms with van der Waals surface area (Å²) in [5, 5.41) is 11.2. The molecule has 0 spiro atoms. The summed E-state index contributed by atoms with van der Waals surface area (Å²) in [4.78, 5) is 6.59. The molecule has 1 N–H and O–H groups in total. The van der Waals surface area contributed by atoms with E-state index in [1.165, 1.54) is 5.56 Å². The standard InChI is InChI=1S/C28H37N3O4/c1-3-27-29-12-14-31(27)13-5-16-34-26-7-4-6-24(18-26)19-30-15-17-33-21-28(32,20-30)22-35-25-10-8-23(2)9-11-25/h4,6-12,14,18,32H,3,5,13,15-17,19-22H2,1-2H3. The van der Waals surface area contributed by atoms with E-state index in [0.29, 0.717) is 26.3 Å². The van der Waals surface area contributed by atoms with E-state index in [4.69, 9.17) is 14.2 Å². The third-order valence-corrected chi connectivity index (χ3v) is 6.20. The average Bonchev–Trinajstić information content (AvgIpc) is 3.24. The molecule has 1 aliphatic heterocycles. The van der Waals surface area contributed by atoms with Gasteiger partial charge in [-0.15, -0.1) is 0 Å². The van der Waals surface area contributed by atoms with Crippen molar-refractivity contribution >= 4 is 0 Å². The molecule has 0 saturated carbocycles. The molecule has 1 unspecified atom stereocenters. The molecular formula is C28H37N3O4. The van der Waals surface area contributed by atoms with Gasteiger partial charge >= 0.3 is 0 Å². The van der Waals surface area contributed by atoms with E-state index in [2.05, 4.69) is 33.5 Å². The minimum Gasteiger partial charge on any atom is -0.494 e. The van der Waals surface area contributed by atoms with E-state index in [-0.39, 0.29) is 13.2 Å². The number of imidazole rings is 1. The quantitative estimate of drug-likeness (QED) is 0.421. The number of aromatic nitrogens is 2. The predicted octanol–water partition coefficient (Wildman–Crippen LogP) is 3.87. The second kappa shape index (κ2) is 12.2. The summed E-state index contributed by atoms with van der Waals surface area (Å²) in [5.74, 6) is 2.73. The summed E-state index contributed by atoms with van der Waals surface area (Å²) >= 11 is 0. The van der Waals surface area contributed by atoms with Crippen LogP contribution in [0.2, 0.25) is 0 Å². The van der Waals surface area contributed by atoms with Crippen molar-refractivity contribution in [3.63, 3.8) is 0 Å². The highest BCUT2D eigenvalue weighted by Crippen LogP contribution is 2.20. The van der Waals surface area contributed by atoms with Gasteiger partial charge in [-0.25, -0.2) is 4.98 Å². The lowest BCUT2D eigenvalue weighted by Gasteiger charge is -2.30. The fourth-order valence-electron chi connectivity index (χ4n) is 4.35. The van der Waals surface area contributed by atoms with Crippen LogP contribution in [-0.4, -0.2) is 64.7 Å². The SMILES string of the molecule is CCc1nccn1CCCOc1cccc(CN2CCOCC(O)(COc3ccc(C)cc3)C2)c1. The number of aryl methyl sites for hydroxylation is 3. The lowest BCUT2D eigenvalue weighted by Crippen LogP contribution is -2.48. The van der Waals surface area contributed by atoms with Crippen LogP contribution in [0.1, 0.15) is 30.3 Å². The molecule has 7 heteroatoms. The Hall–Kier alpha value is -2.87. The molecule has 35 heavy (non-hydrogen) atoms. The van der Waals surface area contributed by atoms with E-state index in [0.717, 1.165) is 48.8 Å². The van der Waals surface area contributed by atoms with Crippen LogP contribution in [0.5, 0.6) is 11.5 Å². The van der Waals surface area contributed by atoms with E-state index >= 15 is 0 Å². The van der Waals surface area contributed by atoms with Gasteiger partial charge in [0.25, 0.3) is 0 Å². The van der Waals surface area contributed by atoms with Crippen LogP contribution in [0, 0.1) is 6.92 Å². The van der Waals surface area contributed by atoms with E-state index in [1.54, 1.807) is 0 Å². The minimum absolute atomic E-state index is 0.187. The number of benzene rings is 2. The zero-order valence-corrected chi connectivity index (χ0v) is 20.9. The van der Waals surface area contributed by atoms with Crippen LogP contribution in [-0.2, 0) is 24.2 Å². The fourth-order valence-corrected chi connectivity index (χ4v) is 4.35. The number of ether oxygens (including phenoxy) is 3. The van der Waals surface area contributed by atoms with Gasteiger partial charge in [-0.05, 0) is 43.2 Å². The molecule has 0 radical (unpaired) electrons. The minimum atomic E-state index is -1.07. The van der Waals surface area contributed by atoms with Gasteiger partial charge < -0.3 is 23.9 Å². The Bertz CT molecular complexity index is 1050. The van der Waals surface area contributed by atoms with Crippen molar-refractivity contribution in [1.29, 1.82) is 0 Å². The molecule has 0 bridgehead atoms. The van der Waals surface area contributed by atoms with Crippen molar-refractivity contribution in [1.82, 2.24) is 14.5 Å². The summed E-state index contributed by atoms with van der Waals surface area (Å²) in [6, 6.07) is 16.1. The normalized spacial score (nSPS) is 18.8. The average molecular weight is 480 g/mol. The summed E-state index contributed by atoms with van der Waals surface area (Å²) < 4.78 is 19.8. The van der Waals surface area contributed by atoms with Crippen LogP contribution in [0.15, 0.2) is 60.9 Å². The first-order chi connectivity index (χ1) is 17.0. The molecule has 0 amide bonds. The molecule has 1 fully saturated rings. The molecule has 3 aromatic rings. The van der Waals surface area contributed by atoms with E-state index in [9.17, 15) is 5.11 Å². The van der Waals surface area contributed by atoms with Crippen LogP contribution in [0.4, 0.5) is 0 Å². The second-order valence-electron chi connectivity index (χ2n) is 9.33. The summed E-state index contributed by atoms with van der Waals surface area (Å²) in [6.07, 6.45) is 5.74. The highest BCUT2D eigenvalue weighted by molar-refractivity contribution is 5.29. The Morgan fingerprint density at radius 2 is 1.97 bits per heavy atom. The highest BCUT2D eigenvalue weighted by atomic mass is 16.5. The molecule has 7 nitrogen and oxygen atoms in total. The first kappa shape index (κ1) is 25.2. The number of hydrogen-bond acceptors (Lipinski definition) is 6. The summed E-state index contributed by atoms with van der Waals surface area (Å²) in [5.41, 5.74) is 1.25. The maximum Gasteiger partial charge on any atom is 0.134 e. The Morgan fingerprint density at radius 1 is 1.11 bits per heavy atom. The van der Waals surface area contributed by atoms with Crippen molar-refractivity contribution < 1.29 is 19.3 Å². The lowest BCUT2D eigenvalue weighted by atomic mass is 10.1. The smallest absolute Gasteiger partial charge is 0.134 e. The van der Waals surface area contributed by atoms with Crippen LogP contribution in [0.25, 0.3) is 0 Å². The molecule has 188 valence electrons. The van der Waals surface area contributed by atoms with Gasteiger partial charge in [-0.1, -0.05) is 36.8 Å². The maximum atomic E-state index is 11.2. The zero-order chi connectivity index (χ0) is 24.5. The molecule has 2 aromatic carbocycles. The summed E-state index contributed by atoms with van der Waals surface area (Å²) in [6.45, 7) is 8.68. The predicted molar refractivity (Wildman–Crippen MR) is 136 cm³/mol. The lowest BCUT2D eigenvalue weighted by molar-refractivity contribution is -0.0646. The highest BCUT2D eigenvalue weighted by Gasteiger charge is 2.33. The number of hydrogen-bond donors (Lipinski definition) is 1. The van der Waals surface area contributed by atoms with Gasteiger partial charge in [0.2, 0.25) is 0 Å². The van der Waals surface area contributed by atoms with Gasteiger partial charge in [0.05, 0.1) is 19.8 Å². The topological polar surface area (TPSA) is 69.0 Å². The first-order valence-corrected chi connectivity index (χ1v) is 12.5. The third kappa shape index (κ3) is 7.56. The zero-order valence-electron chi connectivity index (χ0n) is 20.9. The number of β-amino-alcohol motifs (C(OH)–C–C–N with tert-alkyl or cyclic N) is 1. The van der Waals surface area contributed by atoms with Crippen LogP contribution in [0.3, 0.4) is 0 Å². The summed E-state index contributed by atoms with van der Waals surface area (Å²) in [7, 11) is 0. The van der Waals surface area contributed by atoms with Crippen molar-refractivity contribution in [2.45, 2.75) is 45.4 Å². The number of nitrogens with zero attached hydrogens (tertiary/aromatic N) is 3.